The van der Waals surface area contributed by atoms with Gasteiger partial charge in [-0.3, -0.25) is 28.8 Å². The van der Waals surface area contributed by atoms with Crippen molar-refractivity contribution < 1.29 is 55.1 Å². The molecular formula is C66H50F6N6O6. The molecule has 9 aromatic rings. The summed E-state index contributed by atoms with van der Waals surface area (Å²) >= 11 is 0. The Morgan fingerprint density at radius 1 is 0.333 bits per heavy atom. The van der Waals surface area contributed by atoms with E-state index in [0.717, 1.165) is 12.1 Å². The van der Waals surface area contributed by atoms with Crippen LogP contribution in [-0.4, -0.2) is 35.2 Å². The van der Waals surface area contributed by atoms with Crippen molar-refractivity contribution in [3.05, 3.63) is 261 Å². The Bertz CT molecular complexity index is 4010. The number of carbonyl (C=O) groups is 6. The van der Waals surface area contributed by atoms with E-state index in [1.165, 1.54) is 121 Å². The third kappa shape index (κ3) is 13.9. The van der Waals surface area contributed by atoms with Crippen molar-refractivity contribution >= 4 is 69.3 Å². The predicted molar refractivity (Wildman–Crippen MR) is 312 cm³/mol. The lowest BCUT2D eigenvalue weighted by Gasteiger charge is -2.17. The van der Waals surface area contributed by atoms with Crippen LogP contribution in [0.25, 0.3) is 22.3 Å². The largest absolute Gasteiger partial charge is 0.417 e. The van der Waals surface area contributed by atoms with E-state index in [-0.39, 0.29) is 74.7 Å². The third-order valence-corrected chi connectivity index (χ3v) is 13.8. The number of halogens is 6. The molecule has 0 unspecified atom stereocenters. The normalized spacial score (nSPS) is 11.3. The zero-order chi connectivity index (χ0) is 60.0. The Balaban J connectivity index is 0.761. The Morgan fingerprint density at radius 3 is 0.857 bits per heavy atom. The van der Waals surface area contributed by atoms with E-state index in [4.69, 9.17) is 11.5 Å². The molecule has 0 spiro atoms. The molecule has 4 amide bonds. The predicted octanol–water partition coefficient (Wildman–Crippen LogP) is 14.7. The number of anilines is 6. The molecule has 0 aromatic heterocycles. The van der Waals surface area contributed by atoms with Gasteiger partial charge in [-0.1, -0.05) is 72.8 Å². The van der Waals surface area contributed by atoms with E-state index in [2.05, 4.69) is 21.3 Å². The van der Waals surface area contributed by atoms with Gasteiger partial charge in [-0.25, -0.2) is 0 Å². The Morgan fingerprint density at radius 2 is 0.583 bits per heavy atom. The number of nitrogens with two attached hydrogens (primary N) is 2. The number of amides is 4. The molecule has 12 nitrogen and oxygen atoms in total. The Labute approximate surface area is 477 Å². The number of nitrogen functional groups attached to an aromatic ring is 2. The Kier molecular flexibility index (Phi) is 16.7. The number of ketones is 2. The zero-order valence-corrected chi connectivity index (χ0v) is 44.8. The Hall–Kier alpha value is -10.6. The van der Waals surface area contributed by atoms with E-state index >= 15 is 0 Å². The fraction of sp³-hybridized carbons (Fsp3) is 0.0909. The van der Waals surface area contributed by atoms with E-state index in [0.29, 0.717) is 61.7 Å². The average molecular weight is 1140 g/mol. The highest BCUT2D eigenvalue weighted by atomic mass is 19.4. The number of alkyl halides is 6. The molecule has 0 heterocycles. The standard InChI is InChI=1S/C66H50F6N6O6/c1-37-31-49(23-27-53(37)56-30-26-52(36-58(56)66(70,71)72)78-64(84)46-17-21-48(74)22-18-46)75-61(81)43-7-3-39(4-8-43)33-59(79)41-11-13-42(14-12-41)60(80)34-40-5-9-44(10-6-40)62(82)77-51-25-29-55(57(35-51)65(67,68)69)54-28-24-50(32-38(54)2)76-63(83)45-15-19-47(73)20-16-45/h3-32,35-36H,33-34,73-74H2,1-2H3,(H,75,81)(H,76,83)(H,77,82)(H,78,84). The summed E-state index contributed by atoms with van der Waals surface area (Å²) in [4.78, 5) is 78.5. The summed E-state index contributed by atoms with van der Waals surface area (Å²) in [5, 5.41) is 10.5. The van der Waals surface area contributed by atoms with Crippen LogP contribution < -0.4 is 32.7 Å². The van der Waals surface area contributed by atoms with Crippen LogP contribution in [0.4, 0.5) is 60.5 Å². The van der Waals surface area contributed by atoms with Crippen LogP contribution in [0, 0.1) is 13.8 Å². The molecule has 0 aliphatic rings. The highest BCUT2D eigenvalue weighted by molar-refractivity contribution is 6.07. The first-order valence-electron chi connectivity index (χ1n) is 25.9. The van der Waals surface area contributed by atoms with Crippen molar-refractivity contribution in [1.82, 2.24) is 0 Å². The van der Waals surface area contributed by atoms with Gasteiger partial charge in [0.15, 0.2) is 11.6 Å². The van der Waals surface area contributed by atoms with Crippen molar-refractivity contribution in [2.24, 2.45) is 0 Å². The number of benzene rings is 9. The highest BCUT2D eigenvalue weighted by Crippen LogP contribution is 2.42. The first kappa shape index (κ1) is 58.0. The number of rotatable bonds is 16. The number of carbonyl (C=O) groups excluding carboxylic acids is 6. The van der Waals surface area contributed by atoms with Gasteiger partial charge < -0.3 is 32.7 Å². The minimum Gasteiger partial charge on any atom is -0.399 e. The monoisotopic (exact) mass is 1140 g/mol. The molecule has 0 aliphatic heterocycles. The lowest BCUT2D eigenvalue weighted by Crippen LogP contribution is -2.14. The van der Waals surface area contributed by atoms with Crippen molar-refractivity contribution in [1.29, 1.82) is 0 Å². The fourth-order valence-corrected chi connectivity index (χ4v) is 9.32. The van der Waals surface area contributed by atoms with Gasteiger partial charge in [0, 0.05) is 80.3 Å². The molecule has 0 atom stereocenters. The van der Waals surface area contributed by atoms with Crippen molar-refractivity contribution in [2.75, 3.05) is 32.7 Å². The summed E-state index contributed by atoms with van der Waals surface area (Å²) in [6.45, 7) is 3.23. The molecule has 8 N–H and O–H groups in total. The number of nitrogens with one attached hydrogen (secondary N) is 4. The van der Waals surface area contributed by atoms with Gasteiger partial charge >= 0.3 is 12.4 Å². The number of Topliss-reactive ketones (excluding diaryl/α,β-unsaturated/α-hetero) is 2. The summed E-state index contributed by atoms with van der Waals surface area (Å²) in [7, 11) is 0. The van der Waals surface area contributed by atoms with Crippen molar-refractivity contribution in [3.8, 4) is 22.3 Å². The van der Waals surface area contributed by atoms with Gasteiger partial charge in [0.05, 0.1) is 11.1 Å². The molecule has 9 rings (SSSR count). The molecule has 0 saturated heterocycles. The minimum atomic E-state index is -4.79. The molecule has 0 radical (unpaired) electrons. The van der Waals surface area contributed by atoms with Gasteiger partial charge in [0.1, 0.15) is 0 Å². The molecule has 0 fully saturated rings. The van der Waals surface area contributed by atoms with Crippen LogP contribution in [-0.2, 0) is 25.2 Å². The van der Waals surface area contributed by atoms with Gasteiger partial charge in [0.25, 0.3) is 23.6 Å². The van der Waals surface area contributed by atoms with Crippen LogP contribution in [0.1, 0.15) is 95.5 Å². The number of aryl methyl sites for hydroxylation is 2. The number of hydrogen-bond acceptors (Lipinski definition) is 8. The third-order valence-electron chi connectivity index (χ3n) is 13.8. The SMILES string of the molecule is Cc1cc(NC(=O)c2ccc(CC(=O)c3ccc(C(=O)Cc4ccc(C(=O)Nc5ccc(-c6ccc(NC(=O)c7ccc(N)cc7)cc6C)c(C(F)(F)F)c5)cc4)cc3)cc2)ccc1-c1ccc(NC(=O)c2ccc(N)cc2)cc1C(F)(F)F. The van der Waals surface area contributed by atoms with E-state index < -0.39 is 47.1 Å². The molecule has 0 bridgehead atoms. The smallest absolute Gasteiger partial charge is 0.399 e. The van der Waals surface area contributed by atoms with Gasteiger partial charge in [-0.05, 0) is 180 Å². The molecule has 0 saturated carbocycles. The van der Waals surface area contributed by atoms with E-state index in [9.17, 15) is 55.1 Å². The van der Waals surface area contributed by atoms with Crippen LogP contribution in [0.15, 0.2) is 194 Å². The second-order valence-electron chi connectivity index (χ2n) is 19.8. The molecule has 9 aromatic carbocycles. The minimum absolute atomic E-state index is 0.0227. The highest BCUT2D eigenvalue weighted by Gasteiger charge is 2.36. The number of hydrogen-bond donors (Lipinski definition) is 6. The quantitative estimate of drug-likeness (QED) is 0.0311. The maximum atomic E-state index is 14.5. The maximum Gasteiger partial charge on any atom is 0.417 e. The first-order chi connectivity index (χ1) is 39.9. The summed E-state index contributed by atoms with van der Waals surface area (Å²) in [6.07, 6.45) is -9.64. The van der Waals surface area contributed by atoms with E-state index in [1.807, 2.05) is 0 Å². The molecule has 0 aliphatic carbocycles. The molecule has 84 heavy (non-hydrogen) atoms. The summed E-state index contributed by atoms with van der Waals surface area (Å²) in [5.41, 5.74) is 14.8. The van der Waals surface area contributed by atoms with Gasteiger partial charge in [-0.15, -0.1) is 0 Å². The van der Waals surface area contributed by atoms with Crippen LogP contribution >= 0.6 is 0 Å². The zero-order valence-electron chi connectivity index (χ0n) is 44.8. The van der Waals surface area contributed by atoms with Gasteiger partial charge in [0.2, 0.25) is 0 Å². The fourth-order valence-electron chi connectivity index (χ4n) is 9.32. The summed E-state index contributed by atoms with van der Waals surface area (Å²) in [5.74, 6) is -2.74. The maximum absolute atomic E-state index is 14.5. The molecule has 422 valence electrons. The topological polar surface area (TPSA) is 203 Å². The van der Waals surface area contributed by atoms with Crippen molar-refractivity contribution in [2.45, 2.75) is 39.0 Å². The lowest BCUT2D eigenvalue weighted by molar-refractivity contribution is -0.137. The first-order valence-corrected chi connectivity index (χ1v) is 25.9. The van der Waals surface area contributed by atoms with Crippen LogP contribution in [0.2, 0.25) is 0 Å². The second-order valence-corrected chi connectivity index (χ2v) is 19.8. The van der Waals surface area contributed by atoms with E-state index in [1.54, 1.807) is 74.5 Å². The summed E-state index contributed by atoms with van der Waals surface area (Å²) < 4.78 is 86.8. The lowest BCUT2D eigenvalue weighted by atomic mass is 9.94. The summed E-state index contributed by atoms with van der Waals surface area (Å²) in [6, 6.07) is 46.7. The molecular weight excluding hydrogens is 1090 g/mol. The van der Waals surface area contributed by atoms with Crippen molar-refractivity contribution in [3.63, 3.8) is 0 Å². The van der Waals surface area contributed by atoms with Gasteiger partial charge in [-0.2, -0.15) is 26.3 Å². The molecule has 18 heteroatoms. The van der Waals surface area contributed by atoms with Crippen LogP contribution in [0.3, 0.4) is 0 Å². The average Bonchev–Trinajstić information content (AvgIpc) is 2.35. The second kappa shape index (κ2) is 24.2. The van der Waals surface area contributed by atoms with Crippen LogP contribution in [0.5, 0.6) is 0 Å².